The van der Waals surface area contributed by atoms with Crippen molar-refractivity contribution in [3.8, 4) is 0 Å². The molecule has 18 heavy (non-hydrogen) atoms. The van der Waals surface area contributed by atoms with Gasteiger partial charge in [0.05, 0.1) is 11.6 Å². The summed E-state index contributed by atoms with van der Waals surface area (Å²) in [5.41, 5.74) is 1.05. The van der Waals surface area contributed by atoms with Crippen molar-refractivity contribution in [2.24, 2.45) is 0 Å². The van der Waals surface area contributed by atoms with E-state index in [0.717, 1.165) is 6.42 Å². The van der Waals surface area contributed by atoms with Crippen molar-refractivity contribution >= 4 is 11.6 Å². The van der Waals surface area contributed by atoms with Crippen molar-refractivity contribution in [2.45, 2.75) is 0 Å². The summed E-state index contributed by atoms with van der Waals surface area (Å²) in [4.78, 5) is 23.5. The molecule has 0 spiro atoms. The largest absolute Gasteiger partial charge is 0.318 e. The minimum absolute atomic E-state index is 0. The molecule has 0 fully saturated rings. The molecule has 0 heterocycles. The Balaban J connectivity index is 0.00000162. The fraction of sp³-hybridized carbons (Fsp3) is 0. The van der Waals surface area contributed by atoms with Crippen molar-refractivity contribution in [1.82, 2.24) is 0 Å². The third-order valence-corrected chi connectivity index (χ3v) is 2.38. The minimum Gasteiger partial charge on any atom is -0.318 e. The zero-order valence-corrected chi connectivity index (χ0v) is 12.8. The van der Waals surface area contributed by atoms with Crippen LogP contribution in [0.25, 0.3) is 0 Å². The molecule has 0 unspecified atom stereocenters. The third-order valence-electron chi connectivity index (χ3n) is 2.38. The standard InChI is InChI=1S/C15H11O2.Zn/c16-14(12-7-3-1-4-8-12)11-15(17)13-9-5-2-6-10-13;/h1-11H;/q-1;. The van der Waals surface area contributed by atoms with Gasteiger partial charge in [0.15, 0.2) is 0 Å². The molecule has 2 aromatic rings. The van der Waals surface area contributed by atoms with Crippen LogP contribution in [0.2, 0.25) is 0 Å². The molecule has 2 aromatic carbocycles. The molecule has 0 aliphatic heterocycles. The van der Waals surface area contributed by atoms with Gasteiger partial charge >= 0.3 is 0 Å². The molecule has 0 amide bonds. The van der Waals surface area contributed by atoms with E-state index in [1.807, 2.05) is 12.1 Å². The van der Waals surface area contributed by atoms with Gasteiger partial charge in [-0.3, -0.25) is 0 Å². The van der Waals surface area contributed by atoms with Crippen LogP contribution in [0.5, 0.6) is 0 Å². The Hall–Kier alpha value is -1.73. The van der Waals surface area contributed by atoms with Crippen LogP contribution in [0.3, 0.4) is 0 Å². The first kappa shape index (κ1) is 14.3. The fourth-order valence-electron chi connectivity index (χ4n) is 1.49. The second kappa shape index (κ2) is 6.88. The van der Waals surface area contributed by atoms with Gasteiger partial charge in [0.2, 0.25) is 0 Å². The zero-order valence-electron chi connectivity index (χ0n) is 9.87. The number of ketones is 2. The Bertz CT molecular complexity index is 471. The molecule has 0 aliphatic rings. The van der Waals surface area contributed by atoms with E-state index < -0.39 is 0 Å². The predicted octanol–water partition coefficient (Wildman–Crippen LogP) is 2.95. The Labute approximate surface area is 119 Å². The Morgan fingerprint density at radius 3 is 1.33 bits per heavy atom. The van der Waals surface area contributed by atoms with Gasteiger partial charge < -0.3 is 9.59 Å². The molecule has 0 atom stereocenters. The van der Waals surface area contributed by atoms with Gasteiger partial charge in [-0.2, -0.15) is 0 Å². The quantitative estimate of drug-likeness (QED) is 0.375. The minimum atomic E-state index is -0.264. The third kappa shape index (κ3) is 3.64. The molecule has 0 bridgehead atoms. The Morgan fingerprint density at radius 1 is 0.667 bits per heavy atom. The van der Waals surface area contributed by atoms with Gasteiger partial charge in [-0.1, -0.05) is 53.9 Å². The van der Waals surface area contributed by atoms with Crippen LogP contribution in [0.15, 0.2) is 60.7 Å². The predicted molar refractivity (Wildman–Crippen MR) is 65.8 cm³/mol. The van der Waals surface area contributed by atoms with Crippen LogP contribution in [0.1, 0.15) is 20.7 Å². The van der Waals surface area contributed by atoms with Gasteiger partial charge in [0, 0.05) is 19.5 Å². The maximum absolute atomic E-state index is 11.8. The van der Waals surface area contributed by atoms with Gasteiger partial charge in [0.1, 0.15) is 0 Å². The molecule has 0 N–H and O–H groups in total. The molecule has 0 radical (unpaired) electrons. The summed E-state index contributed by atoms with van der Waals surface area (Å²) in [7, 11) is 0. The van der Waals surface area contributed by atoms with E-state index in [2.05, 4.69) is 0 Å². The molecule has 3 heteroatoms. The van der Waals surface area contributed by atoms with E-state index in [9.17, 15) is 9.59 Å². The number of benzene rings is 2. The van der Waals surface area contributed by atoms with Crippen LogP contribution >= 0.6 is 0 Å². The van der Waals surface area contributed by atoms with Crippen LogP contribution in [-0.4, -0.2) is 11.6 Å². The second-order valence-electron chi connectivity index (χ2n) is 3.60. The first-order chi connectivity index (χ1) is 8.27. The summed E-state index contributed by atoms with van der Waals surface area (Å²) in [5, 5.41) is 0. The Kier molecular flexibility index (Phi) is 5.48. The number of Topliss-reactive ketones (excluding diaryl/α,β-unsaturated/α-hetero) is 2. The molecule has 0 aliphatic carbocycles. The SMILES string of the molecule is O=C([CH-]C(=O)c1ccccc1)c1ccccc1.[Zn]. The zero-order chi connectivity index (χ0) is 12.1. The number of carbonyl (C=O) groups excluding carboxylic acids is 2. The summed E-state index contributed by atoms with van der Waals surface area (Å²) in [6, 6.07) is 17.5. The van der Waals surface area contributed by atoms with Crippen molar-refractivity contribution in [2.75, 3.05) is 0 Å². The van der Waals surface area contributed by atoms with E-state index in [-0.39, 0.29) is 31.0 Å². The Morgan fingerprint density at radius 2 is 1.00 bits per heavy atom. The van der Waals surface area contributed by atoms with Crippen molar-refractivity contribution in [3.63, 3.8) is 0 Å². The summed E-state index contributed by atoms with van der Waals surface area (Å²) >= 11 is 0. The van der Waals surface area contributed by atoms with Crippen LogP contribution in [-0.2, 0) is 19.5 Å². The molecule has 2 nitrogen and oxygen atoms in total. The monoisotopic (exact) mass is 287 g/mol. The topological polar surface area (TPSA) is 34.1 Å². The number of carbonyl (C=O) groups is 2. The first-order valence-corrected chi connectivity index (χ1v) is 5.31. The smallest absolute Gasteiger partial charge is 0.0832 e. The molecule has 2 rings (SSSR count). The number of hydrogen-bond donors (Lipinski definition) is 0. The van der Waals surface area contributed by atoms with E-state index >= 15 is 0 Å². The summed E-state index contributed by atoms with van der Waals surface area (Å²) in [6.45, 7) is 0. The van der Waals surface area contributed by atoms with E-state index in [1.165, 1.54) is 0 Å². The molecular formula is C15H11O2Zn-. The average molecular weight is 289 g/mol. The summed E-state index contributed by atoms with van der Waals surface area (Å²) in [5.74, 6) is -0.529. The van der Waals surface area contributed by atoms with E-state index in [4.69, 9.17) is 0 Å². The van der Waals surface area contributed by atoms with E-state index in [1.54, 1.807) is 48.5 Å². The number of hydrogen-bond acceptors (Lipinski definition) is 2. The maximum Gasteiger partial charge on any atom is 0.0832 e. The van der Waals surface area contributed by atoms with Crippen LogP contribution in [0.4, 0.5) is 0 Å². The summed E-state index contributed by atoms with van der Waals surface area (Å²) < 4.78 is 0. The van der Waals surface area contributed by atoms with Crippen molar-refractivity contribution < 1.29 is 29.1 Å². The summed E-state index contributed by atoms with van der Waals surface area (Å²) in [6.07, 6.45) is 1.13. The van der Waals surface area contributed by atoms with Crippen LogP contribution < -0.4 is 0 Å². The number of rotatable bonds is 4. The molecule has 86 valence electrons. The molecule has 0 saturated carbocycles. The molecule has 0 aromatic heterocycles. The van der Waals surface area contributed by atoms with Gasteiger partial charge in [-0.25, -0.2) is 0 Å². The normalized spacial score (nSPS) is 9.11. The van der Waals surface area contributed by atoms with E-state index in [0.29, 0.717) is 11.1 Å². The van der Waals surface area contributed by atoms with Crippen LogP contribution in [0, 0.1) is 6.42 Å². The van der Waals surface area contributed by atoms with Gasteiger partial charge in [-0.05, 0) is 0 Å². The molecule has 0 saturated heterocycles. The molecular weight excluding hydrogens is 278 g/mol. The van der Waals surface area contributed by atoms with Crippen molar-refractivity contribution in [1.29, 1.82) is 0 Å². The average Bonchev–Trinajstić information content (AvgIpc) is 2.40. The first-order valence-electron chi connectivity index (χ1n) is 5.31. The fourth-order valence-corrected chi connectivity index (χ4v) is 1.49. The second-order valence-corrected chi connectivity index (χ2v) is 3.60. The van der Waals surface area contributed by atoms with Gasteiger partial charge in [-0.15, -0.1) is 24.3 Å². The van der Waals surface area contributed by atoms with Crippen molar-refractivity contribution in [3.05, 3.63) is 78.2 Å². The maximum atomic E-state index is 11.8. The van der Waals surface area contributed by atoms with Gasteiger partial charge in [0.25, 0.3) is 0 Å².